The minimum atomic E-state index is -4.22. The molecule has 112 valence electrons. The molecule has 6 heteroatoms. The number of halogens is 3. The summed E-state index contributed by atoms with van der Waals surface area (Å²) in [6, 6.07) is 16.0. The molecule has 0 amide bonds. The average molecular weight is 314 g/mol. The number of rotatable bonds is 6. The molecule has 0 aliphatic heterocycles. The number of para-hydroxylation sites is 1. The van der Waals surface area contributed by atoms with Crippen molar-refractivity contribution in [1.29, 1.82) is 0 Å². The molecular weight excluding hydrogens is 301 g/mol. The van der Waals surface area contributed by atoms with Crippen molar-refractivity contribution in [2.45, 2.75) is 5.51 Å². The molecule has 2 aromatic rings. The Bertz CT molecular complexity index is 558. The average Bonchev–Trinajstić information content (AvgIpc) is 2.44. The lowest BCUT2D eigenvalue weighted by molar-refractivity contribution is -0.0329. The largest absolute Gasteiger partial charge is 0.493 e. The van der Waals surface area contributed by atoms with Crippen molar-refractivity contribution in [3.8, 4) is 17.2 Å². The Morgan fingerprint density at radius 1 is 0.857 bits per heavy atom. The molecule has 0 N–H and O–H groups in total. The fourth-order valence-corrected chi connectivity index (χ4v) is 1.97. The van der Waals surface area contributed by atoms with Crippen molar-refractivity contribution in [3.63, 3.8) is 0 Å². The summed E-state index contributed by atoms with van der Waals surface area (Å²) in [5, 5.41) is 0. The zero-order valence-corrected chi connectivity index (χ0v) is 11.8. The van der Waals surface area contributed by atoms with Crippen LogP contribution in [-0.2, 0) is 0 Å². The first-order chi connectivity index (χ1) is 10.0. The molecule has 0 atom stereocenters. The van der Waals surface area contributed by atoms with E-state index in [2.05, 4.69) is 0 Å². The van der Waals surface area contributed by atoms with Gasteiger partial charge < -0.3 is 9.47 Å². The van der Waals surface area contributed by atoms with Crippen LogP contribution in [0.25, 0.3) is 0 Å². The third-order valence-corrected chi connectivity index (χ3v) is 3.10. The first-order valence-corrected chi connectivity index (χ1v) is 7.18. The van der Waals surface area contributed by atoms with Crippen molar-refractivity contribution in [1.82, 2.24) is 0 Å². The van der Waals surface area contributed by atoms with Gasteiger partial charge in [0.2, 0.25) is 0 Å². The predicted octanol–water partition coefficient (Wildman–Crippen LogP) is 5.11. The van der Waals surface area contributed by atoms with E-state index in [4.69, 9.17) is 9.47 Å². The van der Waals surface area contributed by atoms with Crippen molar-refractivity contribution >= 4 is 11.8 Å². The lowest BCUT2D eigenvalue weighted by atomic mass is 10.3. The van der Waals surface area contributed by atoms with Gasteiger partial charge >= 0.3 is 5.51 Å². The summed E-state index contributed by atoms with van der Waals surface area (Å²) in [6.07, 6.45) is 0. The monoisotopic (exact) mass is 314 g/mol. The van der Waals surface area contributed by atoms with Crippen LogP contribution in [0.4, 0.5) is 13.2 Å². The maximum atomic E-state index is 12.0. The zero-order chi connectivity index (χ0) is 15.1. The van der Waals surface area contributed by atoms with E-state index in [-0.39, 0.29) is 24.1 Å². The lowest BCUT2D eigenvalue weighted by Crippen LogP contribution is -2.07. The predicted molar refractivity (Wildman–Crippen MR) is 77.0 cm³/mol. The molecule has 0 radical (unpaired) electrons. The van der Waals surface area contributed by atoms with Crippen LogP contribution in [0.15, 0.2) is 54.6 Å². The van der Waals surface area contributed by atoms with Crippen LogP contribution < -0.4 is 9.47 Å². The van der Waals surface area contributed by atoms with Gasteiger partial charge in [0.05, 0.1) is 6.61 Å². The highest BCUT2D eigenvalue weighted by Crippen LogP contribution is 2.30. The van der Waals surface area contributed by atoms with Gasteiger partial charge in [0.1, 0.15) is 17.2 Å². The van der Waals surface area contributed by atoms with Gasteiger partial charge in [-0.3, -0.25) is 0 Å². The van der Waals surface area contributed by atoms with E-state index in [1.54, 1.807) is 24.3 Å². The van der Waals surface area contributed by atoms with Crippen LogP contribution in [-0.4, -0.2) is 17.9 Å². The molecular formula is C15H13F3O2S. The Labute approximate surface area is 124 Å². The highest BCUT2D eigenvalue weighted by Gasteiger charge is 2.27. The maximum Gasteiger partial charge on any atom is 0.441 e. The minimum Gasteiger partial charge on any atom is -0.493 e. The smallest absolute Gasteiger partial charge is 0.441 e. The van der Waals surface area contributed by atoms with Crippen LogP contribution >= 0.6 is 11.8 Å². The van der Waals surface area contributed by atoms with Gasteiger partial charge in [-0.15, -0.1) is 0 Å². The second kappa shape index (κ2) is 7.26. The standard InChI is InChI=1S/C15H13F3O2S/c16-15(17,18)21-10-9-19-13-7-4-8-14(11-13)20-12-5-2-1-3-6-12/h1-8,11H,9-10H2. The summed E-state index contributed by atoms with van der Waals surface area (Å²) in [5.74, 6) is 1.59. The Hall–Kier alpha value is -1.82. The van der Waals surface area contributed by atoms with E-state index in [1.165, 1.54) is 0 Å². The summed E-state index contributed by atoms with van der Waals surface area (Å²) in [7, 11) is 0. The third-order valence-electron chi connectivity index (χ3n) is 2.40. The summed E-state index contributed by atoms with van der Waals surface area (Å²) < 4.78 is 46.8. The molecule has 2 nitrogen and oxygen atoms in total. The van der Waals surface area contributed by atoms with Crippen molar-refractivity contribution < 1.29 is 22.6 Å². The molecule has 0 aliphatic rings. The Morgan fingerprint density at radius 2 is 1.52 bits per heavy atom. The molecule has 0 bridgehead atoms. The van der Waals surface area contributed by atoms with Gasteiger partial charge in [-0.25, -0.2) is 0 Å². The number of hydrogen-bond donors (Lipinski definition) is 0. The molecule has 2 aromatic carbocycles. The third kappa shape index (κ3) is 5.99. The molecule has 0 heterocycles. The van der Waals surface area contributed by atoms with Crippen LogP contribution in [0.1, 0.15) is 0 Å². The van der Waals surface area contributed by atoms with Crippen molar-refractivity contribution in [2.75, 3.05) is 12.4 Å². The first kappa shape index (κ1) is 15.6. The summed E-state index contributed by atoms with van der Waals surface area (Å²) in [5.41, 5.74) is -4.22. The zero-order valence-electron chi connectivity index (χ0n) is 11.0. The summed E-state index contributed by atoms with van der Waals surface area (Å²) in [4.78, 5) is 0. The van der Waals surface area contributed by atoms with Gasteiger partial charge in [0, 0.05) is 11.8 Å². The number of ether oxygens (including phenoxy) is 2. The number of benzene rings is 2. The van der Waals surface area contributed by atoms with Gasteiger partial charge in [-0.1, -0.05) is 24.3 Å². The van der Waals surface area contributed by atoms with Crippen LogP contribution in [0, 0.1) is 0 Å². The highest BCUT2D eigenvalue weighted by molar-refractivity contribution is 8.00. The summed E-state index contributed by atoms with van der Waals surface area (Å²) >= 11 is -0.0966. The normalized spacial score (nSPS) is 11.2. The van der Waals surface area contributed by atoms with Gasteiger partial charge in [0.25, 0.3) is 0 Å². The Morgan fingerprint density at radius 3 is 2.24 bits per heavy atom. The van der Waals surface area contributed by atoms with E-state index in [9.17, 15) is 13.2 Å². The van der Waals surface area contributed by atoms with Crippen LogP contribution in [0.3, 0.4) is 0 Å². The first-order valence-electron chi connectivity index (χ1n) is 6.19. The SMILES string of the molecule is FC(F)(F)SCCOc1cccc(Oc2ccccc2)c1. The van der Waals surface area contributed by atoms with Gasteiger partial charge in [-0.2, -0.15) is 13.2 Å². The topological polar surface area (TPSA) is 18.5 Å². The molecule has 0 saturated heterocycles. The Balaban J connectivity index is 1.86. The maximum absolute atomic E-state index is 12.0. The number of alkyl halides is 3. The highest BCUT2D eigenvalue weighted by atomic mass is 32.2. The molecule has 0 unspecified atom stereocenters. The molecule has 0 spiro atoms. The second-order valence-electron chi connectivity index (χ2n) is 4.03. The van der Waals surface area contributed by atoms with Crippen LogP contribution in [0.2, 0.25) is 0 Å². The molecule has 0 aliphatic carbocycles. The van der Waals surface area contributed by atoms with E-state index in [0.29, 0.717) is 17.2 Å². The quantitative estimate of drug-likeness (QED) is 0.690. The molecule has 21 heavy (non-hydrogen) atoms. The number of thioether (sulfide) groups is 1. The van der Waals surface area contributed by atoms with E-state index < -0.39 is 5.51 Å². The van der Waals surface area contributed by atoms with Crippen molar-refractivity contribution in [3.05, 3.63) is 54.6 Å². The molecule has 0 saturated carbocycles. The molecule has 0 fully saturated rings. The van der Waals surface area contributed by atoms with Gasteiger partial charge in [0.15, 0.2) is 0 Å². The molecule has 0 aromatic heterocycles. The minimum absolute atomic E-state index is 0.0149. The lowest BCUT2D eigenvalue weighted by Gasteiger charge is -2.10. The van der Waals surface area contributed by atoms with E-state index >= 15 is 0 Å². The second-order valence-corrected chi connectivity index (χ2v) is 5.19. The number of hydrogen-bond acceptors (Lipinski definition) is 3. The van der Waals surface area contributed by atoms with Gasteiger partial charge in [-0.05, 0) is 36.0 Å². The van der Waals surface area contributed by atoms with E-state index in [1.807, 2.05) is 30.3 Å². The fourth-order valence-electron chi connectivity index (χ4n) is 1.57. The van der Waals surface area contributed by atoms with E-state index in [0.717, 1.165) is 0 Å². The fraction of sp³-hybridized carbons (Fsp3) is 0.200. The summed E-state index contributed by atoms with van der Waals surface area (Å²) in [6.45, 7) is -0.0149. The molecule has 2 rings (SSSR count). The van der Waals surface area contributed by atoms with Crippen LogP contribution in [0.5, 0.6) is 17.2 Å². The Kier molecular flexibility index (Phi) is 5.38. The van der Waals surface area contributed by atoms with Crippen molar-refractivity contribution in [2.24, 2.45) is 0 Å².